The third kappa shape index (κ3) is 2.40. The number of aryl methyl sites for hydroxylation is 1. The number of hydrogen-bond acceptors (Lipinski definition) is 3. The molecule has 1 aromatic carbocycles. The Bertz CT molecular complexity index is 550. The van der Waals surface area contributed by atoms with Crippen molar-refractivity contribution in [3.05, 3.63) is 53.5 Å². The minimum atomic E-state index is -0.323. The molecule has 2 aromatic rings. The van der Waals surface area contributed by atoms with E-state index in [2.05, 4.69) is 10.3 Å². The third-order valence-corrected chi connectivity index (χ3v) is 2.37. The SMILES string of the molecule is Cc1cccc(F)c1Nc1ccc(C#N)cn1. The van der Waals surface area contributed by atoms with Crippen LogP contribution >= 0.6 is 0 Å². The van der Waals surface area contributed by atoms with Crippen molar-refractivity contribution in [1.29, 1.82) is 5.26 Å². The molecule has 1 heterocycles. The lowest BCUT2D eigenvalue weighted by atomic mass is 10.2. The molecule has 0 aliphatic heterocycles. The summed E-state index contributed by atoms with van der Waals surface area (Å²) in [6, 6.07) is 10.1. The van der Waals surface area contributed by atoms with E-state index >= 15 is 0 Å². The van der Waals surface area contributed by atoms with E-state index in [1.165, 1.54) is 12.3 Å². The maximum Gasteiger partial charge on any atom is 0.146 e. The molecule has 0 saturated heterocycles. The predicted molar refractivity (Wildman–Crippen MR) is 63.4 cm³/mol. The molecule has 17 heavy (non-hydrogen) atoms. The molecule has 0 amide bonds. The van der Waals surface area contributed by atoms with Crippen LogP contribution in [0.25, 0.3) is 0 Å². The Balaban J connectivity index is 2.29. The molecule has 2 rings (SSSR count). The van der Waals surface area contributed by atoms with E-state index in [4.69, 9.17) is 5.26 Å². The maximum absolute atomic E-state index is 13.5. The van der Waals surface area contributed by atoms with Gasteiger partial charge in [0.25, 0.3) is 0 Å². The molecule has 0 spiro atoms. The van der Waals surface area contributed by atoms with Crippen molar-refractivity contribution in [3.8, 4) is 6.07 Å². The van der Waals surface area contributed by atoms with Crippen LogP contribution in [0.15, 0.2) is 36.5 Å². The average Bonchev–Trinajstić information content (AvgIpc) is 2.35. The molecule has 0 aliphatic carbocycles. The molecular formula is C13H10FN3. The first-order chi connectivity index (χ1) is 8.20. The number of pyridine rings is 1. The highest BCUT2D eigenvalue weighted by Crippen LogP contribution is 2.22. The number of nitrogens with zero attached hydrogens (tertiary/aromatic N) is 2. The lowest BCUT2D eigenvalue weighted by Crippen LogP contribution is -1.98. The first kappa shape index (κ1) is 11.1. The number of halogens is 1. The van der Waals surface area contributed by atoms with Gasteiger partial charge in [-0.05, 0) is 30.7 Å². The summed E-state index contributed by atoms with van der Waals surface area (Å²) in [7, 11) is 0. The third-order valence-electron chi connectivity index (χ3n) is 2.37. The van der Waals surface area contributed by atoms with E-state index in [1.807, 2.05) is 19.1 Å². The normalized spacial score (nSPS) is 9.71. The molecule has 3 nitrogen and oxygen atoms in total. The topological polar surface area (TPSA) is 48.7 Å². The van der Waals surface area contributed by atoms with Crippen LogP contribution in [0.5, 0.6) is 0 Å². The smallest absolute Gasteiger partial charge is 0.146 e. The predicted octanol–water partition coefficient (Wildman–Crippen LogP) is 3.14. The van der Waals surface area contributed by atoms with Gasteiger partial charge in [-0.15, -0.1) is 0 Å². The first-order valence-electron chi connectivity index (χ1n) is 5.09. The number of rotatable bonds is 2. The van der Waals surface area contributed by atoms with E-state index in [0.717, 1.165) is 5.56 Å². The summed E-state index contributed by atoms with van der Waals surface area (Å²) in [4.78, 5) is 4.03. The average molecular weight is 227 g/mol. The van der Waals surface area contributed by atoms with Gasteiger partial charge >= 0.3 is 0 Å². The van der Waals surface area contributed by atoms with Gasteiger partial charge < -0.3 is 5.32 Å². The molecule has 1 aromatic heterocycles. The zero-order valence-electron chi connectivity index (χ0n) is 9.24. The van der Waals surface area contributed by atoms with Crippen LogP contribution in [0.3, 0.4) is 0 Å². The summed E-state index contributed by atoms with van der Waals surface area (Å²) >= 11 is 0. The Morgan fingerprint density at radius 1 is 1.29 bits per heavy atom. The Kier molecular flexibility index (Phi) is 3.01. The highest BCUT2D eigenvalue weighted by Gasteiger charge is 2.05. The van der Waals surface area contributed by atoms with Crippen LogP contribution in [-0.4, -0.2) is 4.98 Å². The Hall–Kier alpha value is -2.41. The summed E-state index contributed by atoms with van der Waals surface area (Å²) in [6.45, 7) is 1.81. The molecule has 0 aliphatic rings. The van der Waals surface area contributed by atoms with Gasteiger partial charge in [-0.25, -0.2) is 9.37 Å². The molecule has 0 atom stereocenters. The fraction of sp³-hybridized carbons (Fsp3) is 0.0769. The van der Waals surface area contributed by atoms with Crippen molar-refractivity contribution >= 4 is 11.5 Å². The van der Waals surface area contributed by atoms with Crippen molar-refractivity contribution in [1.82, 2.24) is 4.98 Å². The number of aromatic nitrogens is 1. The van der Waals surface area contributed by atoms with E-state index in [-0.39, 0.29) is 5.82 Å². The van der Waals surface area contributed by atoms with E-state index in [9.17, 15) is 4.39 Å². The van der Waals surface area contributed by atoms with Crippen molar-refractivity contribution in [2.75, 3.05) is 5.32 Å². The van der Waals surface area contributed by atoms with Crippen LogP contribution in [0.1, 0.15) is 11.1 Å². The Labute approximate surface area is 98.5 Å². The molecule has 0 radical (unpaired) electrons. The second kappa shape index (κ2) is 4.62. The number of anilines is 2. The van der Waals surface area contributed by atoms with Gasteiger partial charge in [-0.3, -0.25) is 0 Å². The first-order valence-corrected chi connectivity index (χ1v) is 5.09. The van der Waals surface area contributed by atoms with Crippen molar-refractivity contribution < 1.29 is 4.39 Å². The quantitative estimate of drug-likeness (QED) is 0.857. The molecular weight excluding hydrogens is 217 g/mol. The number of hydrogen-bond donors (Lipinski definition) is 1. The van der Waals surface area contributed by atoms with Crippen LogP contribution in [0.4, 0.5) is 15.9 Å². The van der Waals surface area contributed by atoms with E-state index in [0.29, 0.717) is 17.1 Å². The Morgan fingerprint density at radius 2 is 2.12 bits per heavy atom. The van der Waals surface area contributed by atoms with Crippen LogP contribution in [-0.2, 0) is 0 Å². The largest absolute Gasteiger partial charge is 0.338 e. The van der Waals surface area contributed by atoms with Crippen LogP contribution < -0.4 is 5.32 Å². The second-order valence-electron chi connectivity index (χ2n) is 3.60. The molecule has 1 N–H and O–H groups in total. The maximum atomic E-state index is 13.5. The molecule has 0 fully saturated rings. The van der Waals surface area contributed by atoms with Crippen molar-refractivity contribution in [2.45, 2.75) is 6.92 Å². The van der Waals surface area contributed by atoms with Gasteiger partial charge in [-0.1, -0.05) is 12.1 Å². The van der Waals surface area contributed by atoms with Crippen molar-refractivity contribution in [2.24, 2.45) is 0 Å². The van der Waals surface area contributed by atoms with Crippen LogP contribution in [0, 0.1) is 24.1 Å². The molecule has 0 saturated carbocycles. The highest BCUT2D eigenvalue weighted by atomic mass is 19.1. The molecule has 0 unspecified atom stereocenters. The van der Waals surface area contributed by atoms with Gasteiger partial charge in [0, 0.05) is 6.20 Å². The summed E-state index contributed by atoms with van der Waals surface area (Å²) < 4.78 is 13.5. The van der Waals surface area contributed by atoms with Gasteiger partial charge in [0.2, 0.25) is 0 Å². The highest BCUT2D eigenvalue weighted by molar-refractivity contribution is 5.61. The second-order valence-corrected chi connectivity index (χ2v) is 3.60. The summed E-state index contributed by atoms with van der Waals surface area (Å²) in [5.41, 5.74) is 1.68. The number of benzene rings is 1. The summed E-state index contributed by atoms with van der Waals surface area (Å²) in [6.07, 6.45) is 1.44. The minimum Gasteiger partial charge on any atom is -0.338 e. The zero-order valence-corrected chi connectivity index (χ0v) is 9.24. The van der Waals surface area contributed by atoms with Gasteiger partial charge in [0.1, 0.15) is 17.7 Å². The van der Waals surface area contributed by atoms with E-state index < -0.39 is 0 Å². The summed E-state index contributed by atoms with van der Waals surface area (Å²) in [5.74, 6) is 0.188. The number of nitriles is 1. The van der Waals surface area contributed by atoms with Crippen molar-refractivity contribution in [3.63, 3.8) is 0 Å². The van der Waals surface area contributed by atoms with Gasteiger partial charge in [0.15, 0.2) is 0 Å². The summed E-state index contributed by atoms with van der Waals surface area (Å²) in [5, 5.41) is 11.5. The standard InChI is InChI=1S/C13H10FN3/c1-9-3-2-4-11(14)13(9)17-12-6-5-10(7-15)8-16-12/h2-6,8H,1H3,(H,16,17). The van der Waals surface area contributed by atoms with Gasteiger partial charge in [0.05, 0.1) is 11.3 Å². The molecule has 0 bridgehead atoms. The van der Waals surface area contributed by atoms with Crippen LogP contribution in [0.2, 0.25) is 0 Å². The molecule has 4 heteroatoms. The number of nitrogens with one attached hydrogen (secondary N) is 1. The monoisotopic (exact) mass is 227 g/mol. The fourth-order valence-electron chi connectivity index (χ4n) is 1.45. The lowest BCUT2D eigenvalue weighted by molar-refractivity contribution is 0.631. The van der Waals surface area contributed by atoms with E-state index in [1.54, 1.807) is 18.2 Å². The number of para-hydroxylation sites is 1. The fourth-order valence-corrected chi connectivity index (χ4v) is 1.45. The minimum absolute atomic E-state index is 0.323. The Morgan fingerprint density at radius 3 is 2.71 bits per heavy atom. The lowest BCUT2D eigenvalue weighted by Gasteiger charge is -2.09. The molecule has 84 valence electrons. The zero-order chi connectivity index (χ0) is 12.3. The van der Waals surface area contributed by atoms with Gasteiger partial charge in [-0.2, -0.15) is 5.26 Å².